The van der Waals surface area contributed by atoms with Crippen molar-refractivity contribution in [1.29, 1.82) is 0 Å². The lowest BCUT2D eigenvalue weighted by Gasteiger charge is -2.03. The van der Waals surface area contributed by atoms with Crippen molar-refractivity contribution in [3.8, 4) is 0 Å². The summed E-state index contributed by atoms with van der Waals surface area (Å²) in [6, 6.07) is 2.24. The molecule has 0 aromatic carbocycles. The van der Waals surface area contributed by atoms with Crippen LogP contribution in [0.2, 0.25) is 0 Å². The molecule has 2 aromatic heterocycles. The Morgan fingerprint density at radius 1 is 1.21 bits per heavy atom. The Morgan fingerprint density at radius 2 is 2.21 bits per heavy atom. The van der Waals surface area contributed by atoms with Gasteiger partial charge in [0.05, 0.1) is 0 Å². The molecule has 0 spiro atoms. The van der Waals surface area contributed by atoms with Gasteiger partial charge in [0, 0.05) is 23.8 Å². The minimum Gasteiger partial charge on any atom is -0.330 e. The maximum atomic E-state index is 4.35. The Labute approximate surface area is 82.8 Å². The first-order chi connectivity index (χ1) is 6.95. The molecule has 3 heterocycles. The minimum atomic E-state index is 1.11. The number of hydrogen-bond acceptors (Lipinski definition) is 2. The van der Waals surface area contributed by atoms with Crippen molar-refractivity contribution in [2.45, 2.75) is 32.2 Å². The van der Waals surface area contributed by atoms with Gasteiger partial charge >= 0.3 is 0 Å². The van der Waals surface area contributed by atoms with Crippen molar-refractivity contribution in [3.05, 3.63) is 24.3 Å². The molecule has 0 radical (unpaired) electrons. The van der Waals surface area contributed by atoms with E-state index in [0.717, 1.165) is 12.2 Å². The molecule has 3 rings (SSSR count). The van der Waals surface area contributed by atoms with Gasteiger partial charge in [-0.1, -0.05) is 6.42 Å². The molecule has 3 nitrogen and oxygen atoms in total. The fourth-order valence-electron chi connectivity index (χ4n) is 2.26. The third kappa shape index (κ3) is 1.12. The van der Waals surface area contributed by atoms with E-state index >= 15 is 0 Å². The highest BCUT2D eigenvalue weighted by Crippen LogP contribution is 2.22. The van der Waals surface area contributed by atoms with Crippen molar-refractivity contribution in [1.82, 2.24) is 14.5 Å². The van der Waals surface area contributed by atoms with Crippen molar-refractivity contribution in [2.75, 3.05) is 0 Å². The fraction of sp³-hybridized carbons (Fsp3) is 0.455. The number of aryl methyl sites for hydroxylation is 2. The SMILES string of the molecule is c1ncc2cc3n(c2n1)CCCCC3. The quantitative estimate of drug-likeness (QED) is 0.632. The molecule has 72 valence electrons. The summed E-state index contributed by atoms with van der Waals surface area (Å²) < 4.78 is 2.35. The first kappa shape index (κ1) is 7.97. The predicted octanol–water partition coefficient (Wildman–Crippen LogP) is 2.16. The number of hydrogen-bond donors (Lipinski definition) is 0. The first-order valence-corrected chi connectivity index (χ1v) is 5.23. The second-order valence-corrected chi connectivity index (χ2v) is 3.90. The molecule has 0 saturated heterocycles. The van der Waals surface area contributed by atoms with E-state index in [1.807, 2.05) is 6.20 Å². The van der Waals surface area contributed by atoms with Crippen LogP contribution in [-0.4, -0.2) is 14.5 Å². The van der Waals surface area contributed by atoms with E-state index in [9.17, 15) is 0 Å². The lowest BCUT2D eigenvalue weighted by atomic mass is 10.2. The highest BCUT2D eigenvalue weighted by Gasteiger charge is 2.11. The van der Waals surface area contributed by atoms with Gasteiger partial charge in [-0.25, -0.2) is 9.97 Å². The molecule has 2 aromatic rings. The zero-order valence-electron chi connectivity index (χ0n) is 8.11. The predicted molar refractivity (Wildman–Crippen MR) is 55.1 cm³/mol. The summed E-state index contributed by atoms with van der Waals surface area (Å²) in [6.45, 7) is 1.12. The molecule has 0 saturated carbocycles. The molecule has 0 N–H and O–H groups in total. The normalized spacial score (nSPS) is 16.6. The van der Waals surface area contributed by atoms with Crippen LogP contribution in [0.4, 0.5) is 0 Å². The molecule has 0 fully saturated rings. The molecule has 0 amide bonds. The Kier molecular flexibility index (Phi) is 1.76. The Bertz CT molecular complexity index is 459. The average Bonchev–Trinajstić information content (AvgIpc) is 2.42. The Balaban J connectivity index is 2.24. The summed E-state index contributed by atoms with van der Waals surface area (Å²) in [5.41, 5.74) is 2.54. The molecular formula is C11H13N3. The largest absolute Gasteiger partial charge is 0.330 e. The molecule has 14 heavy (non-hydrogen) atoms. The van der Waals surface area contributed by atoms with Crippen LogP contribution >= 0.6 is 0 Å². The summed E-state index contributed by atoms with van der Waals surface area (Å²) in [4.78, 5) is 8.40. The van der Waals surface area contributed by atoms with E-state index in [0.29, 0.717) is 0 Å². The van der Waals surface area contributed by atoms with Crippen LogP contribution in [0.3, 0.4) is 0 Å². The maximum absolute atomic E-state index is 4.35. The van der Waals surface area contributed by atoms with Gasteiger partial charge in [0.1, 0.15) is 12.0 Å². The van der Waals surface area contributed by atoms with Gasteiger partial charge in [-0.15, -0.1) is 0 Å². The van der Waals surface area contributed by atoms with Gasteiger partial charge in [0.25, 0.3) is 0 Å². The van der Waals surface area contributed by atoms with Crippen LogP contribution in [0.1, 0.15) is 25.0 Å². The van der Waals surface area contributed by atoms with Crippen molar-refractivity contribution >= 4 is 11.0 Å². The van der Waals surface area contributed by atoms with E-state index in [1.165, 1.54) is 36.8 Å². The van der Waals surface area contributed by atoms with Gasteiger partial charge in [-0.2, -0.15) is 0 Å². The molecule has 1 aliphatic heterocycles. The van der Waals surface area contributed by atoms with Crippen molar-refractivity contribution in [2.24, 2.45) is 0 Å². The lowest BCUT2D eigenvalue weighted by molar-refractivity contribution is 0.645. The second kappa shape index (κ2) is 3.08. The van der Waals surface area contributed by atoms with E-state index in [2.05, 4.69) is 20.6 Å². The van der Waals surface area contributed by atoms with Gasteiger partial charge in [0.15, 0.2) is 0 Å². The monoisotopic (exact) mass is 187 g/mol. The zero-order chi connectivity index (χ0) is 9.38. The summed E-state index contributed by atoms with van der Waals surface area (Å²) in [5, 5.41) is 1.18. The molecule has 0 unspecified atom stereocenters. The number of rotatable bonds is 0. The van der Waals surface area contributed by atoms with E-state index < -0.39 is 0 Å². The molecule has 0 aliphatic carbocycles. The lowest BCUT2D eigenvalue weighted by Crippen LogP contribution is -2.00. The van der Waals surface area contributed by atoms with Crippen molar-refractivity contribution in [3.63, 3.8) is 0 Å². The molecule has 3 heteroatoms. The number of aromatic nitrogens is 3. The highest BCUT2D eigenvalue weighted by atomic mass is 15.1. The van der Waals surface area contributed by atoms with Gasteiger partial charge < -0.3 is 4.57 Å². The fourth-order valence-corrected chi connectivity index (χ4v) is 2.26. The van der Waals surface area contributed by atoms with Crippen LogP contribution in [0.5, 0.6) is 0 Å². The van der Waals surface area contributed by atoms with Gasteiger partial charge in [-0.3, -0.25) is 0 Å². The van der Waals surface area contributed by atoms with Gasteiger partial charge in [-0.05, 0) is 25.3 Å². The minimum absolute atomic E-state index is 1.11. The maximum Gasteiger partial charge on any atom is 0.143 e. The third-order valence-corrected chi connectivity index (χ3v) is 2.96. The summed E-state index contributed by atoms with van der Waals surface area (Å²) in [5.74, 6) is 0. The molecular weight excluding hydrogens is 174 g/mol. The first-order valence-electron chi connectivity index (χ1n) is 5.23. The average molecular weight is 187 g/mol. The Hall–Kier alpha value is -1.38. The van der Waals surface area contributed by atoms with Crippen LogP contribution in [0.15, 0.2) is 18.6 Å². The summed E-state index contributed by atoms with van der Waals surface area (Å²) in [6.07, 6.45) is 8.67. The topological polar surface area (TPSA) is 30.7 Å². The molecule has 1 aliphatic rings. The van der Waals surface area contributed by atoms with Crippen LogP contribution in [0.25, 0.3) is 11.0 Å². The Morgan fingerprint density at radius 3 is 3.21 bits per heavy atom. The van der Waals surface area contributed by atoms with Crippen LogP contribution < -0.4 is 0 Å². The van der Waals surface area contributed by atoms with E-state index in [1.54, 1.807) is 6.33 Å². The van der Waals surface area contributed by atoms with E-state index in [-0.39, 0.29) is 0 Å². The van der Waals surface area contributed by atoms with Crippen LogP contribution in [-0.2, 0) is 13.0 Å². The summed E-state index contributed by atoms with van der Waals surface area (Å²) >= 11 is 0. The van der Waals surface area contributed by atoms with Crippen molar-refractivity contribution < 1.29 is 0 Å². The second-order valence-electron chi connectivity index (χ2n) is 3.90. The van der Waals surface area contributed by atoms with E-state index in [4.69, 9.17) is 0 Å². The standard InChI is InChI=1S/C11H13N3/c1-2-4-10-6-9-7-12-8-13-11(9)14(10)5-3-1/h6-8H,1-5H2. The molecule has 0 bridgehead atoms. The van der Waals surface area contributed by atoms with Crippen LogP contribution in [0, 0.1) is 0 Å². The smallest absolute Gasteiger partial charge is 0.143 e. The molecule has 0 atom stereocenters. The summed E-state index contributed by atoms with van der Waals surface area (Å²) in [7, 11) is 0. The van der Waals surface area contributed by atoms with Gasteiger partial charge in [0.2, 0.25) is 0 Å². The number of nitrogens with zero attached hydrogens (tertiary/aromatic N) is 3. The third-order valence-electron chi connectivity index (χ3n) is 2.96. The highest BCUT2D eigenvalue weighted by molar-refractivity contribution is 5.76. The zero-order valence-corrected chi connectivity index (χ0v) is 8.11. The number of fused-ring (bicyclic) bond motifs is 3.